The van der Waals surface area contributed by atoms with Gasteiger partial charge in [-0.25, -0.2) is 13.1 Å². The first-order valence-electron chi connectivity index (χ1n) is 3.72. The summed E-state index contributed by atoms with van der Waals surface area (Å²) in [5.41, 5.74) is 0. The summed E-state index contributed by atoms with van der Waals surface area (Å²) >= 11 is 5.27. The monoisotopic (exact) mass is 390 g/mol. The number of nitrogens with zero attached hydrogens (tertiary/aromatic N) is 1. The summed E-state index contributed by atoms with van der Waals surface area (Å²) in [6, 6.07) is 1.52. The lowest BCUT2D eigenvalue weighted by atomic mass is 10.5. The van der Waals surface area contributed by atoms with Gasteiger partial charge in [-0.05, 0) is 22.0 Å². The predicted molar refractivity (Wildman–Crippen MR) is 66.0 cm³/mol. The van der Waals surface area contributed by atoms with Gasteiger partial charge >= 0.3 is 0 Å². The normalized spacial score (nSPS) is 11.6. The fourth-order valence-corrected chi connectivity index (χ4v) is 2.97. The van der Waals surface area contributed by atoms with Crippen molar-refractivity contribution in [2.24, 2.45) is 0 Å². The second-order valence-corrected chi connectivity index (χ2v) is 6.19. The van der Waals surface area contributed by atoms with Crippen LogP contribution in [0.2, 0.25) is 0 Å². The molecule has 1 aromatic rings. The van der Waals surface area contributed by atoms with Crippen LogP contribution in [0.1, 0.15) is 0 Å². The summed E-state index contributed by atoms with van der Waals surface area (Å²) < 4.78 is 27.0. The van der Waals surface area contributed by atoms with Crippen molar-refractivity contribution in [3.05, 3.63) is 22.9 Å². The minimum atomic E-state index is -3.39. The molecule has 0 radical (unpaired) electrons. The Balaban J connectivity index is 2.93. The maximum Gasteiger partial charge on any atom is 0.242 e. The van der Waals surface area contributed by atoms with Gasteiger partial charge in [0.15, 0.2) is 0 Å². The van der Waals surface area contributed by atoms with Crippen molar-refractivity contribution in [2.45, 2.75) is 4.90 Å². The van der Waals surface area contributed by atoms with E-state index in [1.54, 1.807) is 0 Å². The van der Waals surface area contributed by atoms with Crippen molar-refractivity contribution < 1.29 is 8.42 Å². The minimum absolute atomic E-state index is 0.178. The molecular formula is C7H8BrIN2O2S. The molecule has 14 heavy (non-hydrogen) atoms. The molecule has 0 saturated carbocycles. The average Bonchev–Trinajstić information content (AvgIpc) is 2.15. The molecule has 0 fully saturated rings. The zero-order valence-corrected chi connectivity index (χ0v) is 11.6. The first kappa shape index (κ1) is 12.3. The lowest BCUT2D eigenvalue weighted by Gasteiger charge is -2.04. The SMILES string of the molecule is O=S(=O)(NCCI)c1cncc(Br)c1. The summed E-state index contributed by atoms with van der Waals surface area (Å²) in [5, 5.41) is 0. The van der Waals surface area contributed by atoms with Crippen LogP contribution in [0.25, 0.3) is 0 Å². The summed E-state index contributed by atoms with van der Waals surface area (Å²) in [7, 11) is -3.39. The fraction of sp³-hybridized carbons (Fsp3) is 0.286. The molecule has 0 amide bonds. The highest BCUT2D eigenvalue weighted by Crippen LogP contribution is 2.13. The van der Waals surface area contributed by atoms with Gasteiger partial charge in [-0.1, -0.05) is 22.6 Å². The van der Waals surface area contributed by atoms with E-state index >= 15 is 0 Å². The third kappa shape index (κ3) is 3.44. The fourth-order valence-electron chi connectivity index (χ4n) is 0.796. The summed E-state index contributed by atoms with van der Waals surface area (Å²) in [6.07, 6.45) is 2.86. The smallest absolute Gasteiger partial charge is 0.242 e. The van der Waals surface area contributed by atoms with Crippen LogP contribution in [-0.2, 0) is 10.0 Å². The van der Waals surface area contributed by atoms with Gasteiger partial charge in [0, 0.05) is 27.8 Å². The van der Waals surface area contributed by atoms with Gasteiger partial charge in [-0.2, -0.15) is 0 Å². The number of nitrogens with one attached hydrogen (secondary N) is 1. The molecule has 1 rings (SSSR count). The first-order chi connectivity index (χ1) is 6.56. The summed E-state index contributed by atoms with van der Waals surface area (Å²) in [4.78, 5) is 3.97. The summed E-state index contributed by atoms with van der Waals surface area (Å²) in [6.45, 7) is 0.426. The van der Waals surface area contributed by atoms with Crippen LogP contribution in [0.5, 0.6) is 0 Å². The Hall–Kier alpha value is 0.270. The Morgan fingerprint density at radius 3 is 2.79 bits per heavy atom. The van der Waals surface area contributed by atoms with Crippen LogP contribution >= 0.6 is 38.5 Å². The number of hydrogen-bond acceptors (Lipinski definition) is 3. The zero-order valence-electron chi connectivity index (χ0n) is 7.07. The van der Waals surface area contributed by atoms with Crippen LogP contribution < -0.4 is 4.72 Å². The van der Waals surface area contributed by atoms with E-state index < -0.39 is 10.0 Å². The van der Waals surface area contributed by atoms with E-state index in [4.69, 9.17) is 0 Å². The van der Waals surface area contributed by atoms with Crippen molar-refractivity contribution in [1.82, 2.24) is 9.71 Å². The van der Waals surface area contributed by atoms with E-state index in [1.807, 2.05) is 0 Å². The van der Waals surface area contributed by atoms with Crippen molar-refractivity contribution >= 4 is 48.5 Å². The van der Waals surface area contributed by atoms with Gasteiger partial charge in [0.05, 0.1) is 0 Å². The van der Waals surface area contributed by atoms with Crippen LogP contribution in [0.15, 0.2) is 27.8 Å². The van der Waals surface area contributed by atoms with Crippen molar-refractivity contribution in [3.8, 4) is 0 Å². The number of pyridine rings is 1. The van der Waals surface area contributed by atoms with Crippen LogP contribution in [0, 0.1) is 0 Å². The van der Waals surface area contributed by atoms with E-state index in [0.717, 1.165) is 4.43 Å². The Kier molecular flexibility index (Phi) is 4.74. The average molecular weight is 391 g/mol. The molecule has 0 atom stereocenters. The van der Waals surface area contributed by atoms with Crippen molar-refractivity contribution in [3.63, 3.8) is 0 Å². The maximum atomic E-state index is 11.6. The van der Waals surface area contributed by atoms with Gasteiger partial charge in [0.25, 0.3) is 0 Å². The molecule has 0 aromatic carbocycles. The molecule has 0 unspecified atom stereocenters. The molecule has 0 aliphatic rings. The number of aromatic nitrogens is 1. The number of alkyl halides is 1. The summed E-state index contributed by atoms with van der Waals surface area (Å²) in [5.74, 6) is 0. The van der Waals surface area contributed by atoms with Gasteiger partial charge in [-0.15, -0.1) is 0 Å². The molecule has 1 heterocycles. The van der Waals surface area contributed by atoms with Crippen LogP contribution in [0.3, 0.4) is 0 Å². The topological polar surface area (TPSA) is 59.1 Å². The molecule has 0 saturated heterocycles. The molecule has 0 aliphatic heterocycles. The molecule has 4 nitrogen and oxygen atoms in total. The minimum Gasteiger partial charge on any atom is -0.262 e. The van der Waals surface area contributed by atoms with Gasteiger partial charge in [0.1, 0.15) is 4.90 Å². The molecule has 0 spiro atoms. The molecule has 7 heteroatoms. The van der Waals surface area contributed by atoms with E-state index in [9.17, 15) is 8.42 Å². The molecular weight excluding hydrogens is 383 g/mol. The molecule has 1 aromatic heterocycles. The van der Waals surface area contributed by atoms with Gasteiger partial charge in [0.2, 0.25) is 10.0 Å². The second-order valence-electron chi connectivity index (χ2n) is 2.43. The predicted octanol–water partition coefficient (Wildman–Crippen LogP) is 1.56. The second kappa shape index (κ2) is 5.38. The molecule has 1 N–H and O–H groups in total. The molecule has 0 bridgehead atoms. The highest BCUT2D eigenvalue weighted by molar-refractivity contribution is 14.1. The Bertz CT molecular complexity index is 410. The highest BCUT2D eigenvalue weighted by atomic mass is 127. The zero-order chi connectivity index (χ0) is 10.6. The van der Waals surface area contributed by atoms with E-state index in [0.29, 0.717) is 11.0 Å². The standard InChI is InChI=1S/C7H8BrIN2O2S/c8-6-3-7(5-10-4-6)14(12,13)11-2-1-9/h3-5,11H,1-2H2. The van der Waals surface area contributed by atoms with Gasteiger partial charge in [-0.3, -0.25) is 4.98 Å². The van der Waals surface area contributed by atoms with E-state index in [1.165, 1.54) is 18.5 Å². The molecule has 78 valence electrons. The quantitative estimate of drug-likeness (QED) is 0.626. The van der Waals surface area contributed by atoms with E-state index in [-0.39, 0.29) is 4.90 Å². The third-order valence-electron chi connectivity index (χ3n) is 1.38. The lowest BCUT2D eigenvalue weighted by Crippen LogP contribution is -2.25. The number of rotatable bonds is 4. The highest BCUT2D eigenvalue weighted by Gasteiger charge is 2.13. The molecule has 0 aliphatic carbocycles. The first-order valence-corrected chi connectivity index (χ1v) is 7.52. The van der Waals surface area contributed by atoms with Crippen LogP contribution in [-0.4, -0.2) is 24.4 Å². The lowest BCUT2D eigenvalue weighted by molar-refractivity contribution is 0.584. The Morgan fingerprint density at radius 2 is 2.21 bits per heavy atom. The van der Waals surface area contributed by atoms with Crippen molar-refractivity contribution in [1.29, 1.82) is 0 Å². The Labute approximate surface area is 105 Å². The third-order valence-corrected chi connectivity index (χ3v) is 3.78. The van der Waals surface area contributed by atoms with Crippen LogP contribution in [0.4, 0.5) is 0 Å². The van der Waals surface area contributed by atoms with Gasteiger partial charge < -0.3 is 0 Å². The number of halogens is 2. The largest absolute Gasteiger partial charge is 0.262 e. The number of hydrogen-bond donors (Lipinski definition) is 1. The Morgan fingerprint density at radius 1 is 1.50 bits per heavy atom. The number of sulfonamides is 1. The maximum absolute atomic E-state index is 11.6. The van der Waals surface area contributed by atoms with E-state index in [2.05, 4.69) is 48.2 Å². The van der Waals surface area contributed by atoms with Crippen molar-refractivity contribution in [2.75, 3.05) is 11.0 Å².